The van der Waals surface area contributed by atoms with Gasteiger partial charge in [0.05, 0.1) is 6.42 Å². The highest BCUT2D eigenvalue weighted by Crippen LogP contribution is 2.37. The highest BCUT2D eigenvalue weighted by Gasteiger charge is 2.31. The molecule has 2 aromatic carbocycles. The largest absolute Gasteiger partial charge is 0.300 e. The fraction of sp³-hybridized carbons (Fsp3) is 0.615. The molecule has 232 valence electrons. The molecule has 0 fully saturated rings. The number of aryl methyl sites for hydroxylation is 2. The summed E-state index contributed by atoms with van der Waals surface area (Å²) in [5.41, 5.74) is 9.11. The minimum Gasteiger partial charge on any atom is -0.300 e. The summed E-state index contributed by atoms with van der Waals surface area (Å²) in [7, 11) is 0. The van der Waals surface area contributed by atoms with Crippen molar-refractivity contribution in [1.29, 1.82) is 0 Å². The average molecular weight is 575 g/mol. The van der Waals surface area contributed by atoms with E-state index in [4.69, 9.17) is 0 Å². The van der Waals surface area contributed by atoms with E-state index in [2.05, 4.69) is 99.6 Å². The molecule has 0 aromatic heterocycles. The van der Waals surface area contributed by atoms with Crippen molar-refractivity contribution in [3.63, 3.8) is 0 Å². The summed E-state index contributed by atoms with van der Waals surface area (Å²) in [4.78, 5) is 36.4. The van der Waals surface area contributed by atoms with Crippen LogP contribution in [0.15, 0.2) is 30.3 Å². The lowest BCUT2D eigenvalue weighted by molar-refractivity contribution is -0.126. The van der Waals surface area contributed by atoms with Gasteiger partial charge in [-0.1, -0.05) is 104 Å². The molecule has 0 N–H and O–H groups in total. The Morgan fingerprint density at radius 2 is 1.38 bits per heavy atom. The number of carbonyl (C=O) groups excluding carboxylic acids is 3. The Balaban J connectivity index is 0.000000347. The Morgan fingerprint density at radius 1 is 0.833 bits per heavy atom. The topological polar surface area (TPSA) is 51.2 Å². The first kappa shape index (κ1) is 35.6. The van der Waals surface area contributed by atoms with Crippen LogP contribution >= 0.6 is 0 Å². The van der Waals surface area contributed by atoms with Crippen LogP contribution in [0.5, 0.6) is 0 Å². The van der Waals surface area contributed by atoms with E-state index >= 15 is 0 Å². The van der Waals surface area contributed by atoms with Gasteiger partial charge in [0.25, 0.3) is 0 Å². The van der Waals surface area contributed by atoms with Gasteiger partial charge in [0.2, 0.25) is 0 Å². The third kappa shape index (κ3) is 10.0. The number of hydrogen-bond donors (Lipinski definition) is 0. The molecule has 2 unspecified atom stereocenters. The van der Waals surface area contributed by atoms with Gasteiger partial charge in [0.15, 0.2) is 5.78 Å². The van der Waals surface area contributed by atoms with Gasteiger partial charge in [0, 0.05) is 18.4 Å². The van der Waals surface area contributed by atoms with E-state index in [9.17, 15) is 14.4 Å². The minimum atomic E-state index is -0.0593. The quantitative estimate of drug-likeness (QED) is 0.280. The summed E-state index contributed by atoms with van der Waals surface area (Å²) in [5, 5.41) is 0. The van der Waals surface area contributed by atoms with Gasteiger partial charge in [-0.05, 0) is 96.9 Å². The molecule has 3 heteroatoms. The van der Waals surface area contributed by atoms with Crippen molar-refractivity contribution in [2.75, 3.05) is 0 Å². The molecule has 1 aliphatic carbocycles. The molecule has 3 nitrogen and oxygen atoms in total. The van der Waals surface area contributed by atoms with Crippen LogP contribution < -0.4 is 0 Å². The predicted molar refractivity (Wildman–Crippen MR) is 178 cm³/mol. The van der Waals surface area contributed by atoms with E-state index in [1.807, 2.05) is 6.92 Å². The number of carbonyl (C=O) groups is 3. The minimum absolute atomic E-state index is 0.0432. The highest BCUT2D eigenvalue weighted by molar-refractivity contribution is 6.00. The molecule has 2 atom stereocenters. The van der Waals surface area contributed by atoms with Crippen LogP contribution in [0.2, 0.25) is 0 Å². The van der Waals surface area contributed by atoms with Crippen molar-refractivity contribution < 1.29 is 14.4 Å². The van der Waals surface area contributed by atoms with Crippen molar-refractivity contribution in [1.82, 2.24) is 0 Å². The Morgan fingerprint density at radius 3 is 1.86 bits per heavy atom. The summed E-state index contributed by atoms with van der Waals surface area (Å²) in [5.74, 6) is 1.27. The van der Waals surface area contributed by atoms with Crippen molar-refractivity contribution >= 4 is 17.3 Å². The molecule has 0 saturated carbocycles. The molecule has 2 aromatic rings. The summed E-state index contributed by atoms with van der Waals surface area (Å²) < 4.78 is 0. The molecule has 0 radical (unpaired) electrons. The van der Waals surface area contributed by atoms with E-state index in [1.54, 1.807) is 0 Å². The molecule has 42 heavy (non-hydrogen) atoms. The van der Waals surface area contributed by atoms with Crippen molar-refractivity contribution in [2.24, 2.45) is 17.8 Å². The lowest BCUT2D eigenvalue weighted by atomic mass is 9.72. The van der Waals surface area contributed by atoms with Gasteiger partial charge in [-0.3, -0.25) is 14.4 Å². The fourth-order valence-electron chi connectivity index (χ4n) is 6.46. The zero-order valence-corrected chi connectivity index (χ0v) is 28.8. The van der Waals surface area contributed by atoms with E-state index in [0.29, 0.717) is 24.7 Å². The van der Waals surface area contributed by atoms with Crippen LogP contribution in [0.3, 0.4) is 0 Å². The third-order valence-corrected chi connectivity index (χ3v) is 9.18. The van der Waals surface area contributed by atoms with Crippen LogP contribution in [0.25, 0.3) is 0 Å². The van der Waals surface area contributed by atoms with Gasteiger partial charge in [-0.15, -0.1) is 0 Å². The van der Waals surface area contributed by atoms with Gasteiger partial charge in [-0.25, -0.2) is 0 Å². The number of Topliss-reactive ketones (excluding diaryl/α,β-unsaturated/α-hetero) is 3. The summed E-state index contributed by atoms with van der Waals surface area (Å²) >= 11 is 0. The van der Waals surface area contributed by atoms with Gasteiger partial charge >= 0.3 is 0 Å². The number of rotatable bonds is 9. The lowest BCUT2D eigenvalue weighted by Gasteiger charge is -2.32. The van der Waals surface area contributed by atoms with E-state index < -0.39 is 0 Å². The molecular weight excluding hydrogens is 516 g/mol. The van der Waals surface area contributed by atoms with Crippen LogP contribution in [-0.4, -0.2) is 17.3 Å². The highest BCUT2D eigenvalue weighted by atomic mass is 16.1. The number of hydrogen-bond acceptors (Lipinski definition) is 3. The summed E-state index contributed by atoms with van der Waals surface area (Å²) in [6.45, 7) is 25.7. The number of benzene rings is 2. The maximum absolute atomic E-state index is 12.8. The average Bonchev–Trinajstić information content (AvgIpc) is 2.85. The normalized spacial score (nSPS) is 16.0. The molecule has 0 bridgehead atoms. The Bertz CT molecular complexity index is 1220. The smallest absolute Gasteiger partial charge is 0.163 e. The molecular formula is C39H58O3. The maximum atomic E-state index is 12.8. The molecule has 3 rings (SSSR count). The van der Waals surface area contributed by atoms with Gasteiger partial charge in [0.1, 0.15) is 11.6 Å². The van der Waals surface area contributed by atoms with Crippen molar-refractivity contribution in [2.45, 2.75) is 139 Å². The molecule has 0 amide bonds. The van der Waals surface area contributed by atoms with Gasteiger partial charge < -0.3 is 0 Å². The summed E-state index contributed by atoms with van der Waals surface area (Å²) in [6.07, 6.45) is 4.97. The number of fused-ring (bicyclic) bond motifs is 1. The third-order valence-electron chi connectivity index (χ3n) is 9.18. The lowest BCUT2D eigenvalue weighted by Crippen LogP contribution is -2.27. The first-order valence-electron chi connectivity index (χ1n) is 16.1. The Kier molecular flexibility index (Phi) is 12.5. The fourth-order valence-corrected chi connectivity index (χ4v) is 6.46. The predicted octanol–water partition coefficient (Wildman–Crippen LogP) is 10.0. The maximum Gasteiger partial charge on any atom is 0.163 e. The second-order valence-corrected chi connectivity index (χ2v) is 15.0. The summed E-state index contributed by atoms with van der Waals surface area (Å²) in [6, 6.07) is 11.2. The van der Waals surface area contributed by atoms with Crippen LogP contribution in [0, 0.1) is 38.5 Å². The van der Waals surface area contributed by atoms with Crippen molar-refractivity contribution in [3.05, 3.63) is 69.3 Å². The Labute approximate surface area is 257 Å². The molecule has 1 aliphatic rings. The molecule has 0 saturated heterocycles. The first-order chi connectivity index (χ1) is 19.4. The van der Waals surface area contributed by atoms with Crippen molar-refractivity contribution in [3.8, 4) is 0 Å². The zero-order chi connectivity index (χ0) is 32.0. The van der Waals surface area contributed by atoms with E-state index in [-0.39, 0.29) is 40.5 Å². The van der Waals surface area contributed by atoms with E-state index in [1.165, 1.54) is 29.2 Å². The zero-order valence-electron chi connectivity index (χ0n) is 28.8. The SMILES string of the molecule is CCC(CC)C(CC(=O)CC(C)=O)CC1CC(=O)c2c(ccc(C)c2C)C1.Cc1cc(C(C)(C)C)cc(C(C)(C)C)c1. The van der Waals surface area contributed by atoms with Crippen LogP contribution in [0.1, 0.15) is 145 Å². The number of ketones is 3. The van der Waals surface area contributed by atoms with E-state index in [0.717, 1.165) is 42.4 Å². The first-order valence-corrected chi connectivity index (χ1v) is 16.1. The molecule has 0 aliphatic heterocycles. The van der Waals surface area contributed by atoms with Gasteiger partial charge in [-0.2, -0.15) is 0 Å². The van der Waals surface area contributed by atoms with Crippen LogP contribution in [-0.2, 0) is 26.8 Å². The second kappa shape index (κ2) is 14.8. The standard InChI is InChI=1S/C24H34O3.C15H24/c1-6-19(7-2)21(14-22(26)10-16(4)25)12-18-11-20-9-8-15(3)17(5)24(20)23(27)13-18;1-11-8-12(14(2,3)4)10-13(9-11)15(5,6)7/h8-9,18-19,21H,6-7,10-14H2,1-5H3;8-10H,1-7H3. The Hall–Kier alpha value is -2.55. The van der Waals surface area contributed by atoms with Crippen LogP contribution in [0.4, 0.5) is 0 Å². The second-order valence-electron chi connectivity index (χ2n) is 15.0. The molecule has 0 heterocycles. The monoisotopic (exact) mass is 574 g/mol. The molecule has 0 spiro atoms.